The van der Waals surface area contributed by atoms with Gasteiger partial charge in [-0.25, -0.2) is 0 Å². The van der Waals surface area contributed by atoms with Gasteiger partial charge in [-0.3, -0.25) is 9.59 Å². The van der Waals surface area contributed by atoms with E-state index in [1.165, 1.54) is 6.42 Å². The number of hydrogen-bond acceptors (Lipinski definition) is 2. The van der Waals surface area contributed by atoms with E-state index in [-0.39, 0.29) is 23.8 Å². The molecule has 0 bridgehead atoms. The number of nitrogens with zero attached hydrogens (tertiary/aromatic N) is 1. The van der Waals surface area contributed by atoms with E-state index in [1.54, 1.807) is 0 Å². The Kier molecular flexibility index (Phi) is 4.71. The maximum Gasteiger partial charge on any atom is 0.249 e. The molecule has 2 amide bonds. The molecule has 114 valence electrons. The Bertz CT molecular complexity index is 373. The lowest BCUT2D eigenvalue weighted by atomic mass is 9.77. The second-order valence-corrected chi connectivity index (χ2v) is 6.67. The van der Waals surface area contributed by atoms with Crippen molar-refractivity contribution in [1.82, 2.24) is 10.2 Å². The topological polar surface area (TPSA) is 49.4 Å². The minimum Gasteiger partial charge on any atom is -0.340 e. The van der Waals surface area contributed by atoms with Gasteiger partial charge in [0.15, 0.2) is 0 Å². The van der Waals surface area contributed by atoms with Crippen LogP contribution in [0, 0.1) is 5.92 Å². The molecule has 1 atom stereocenters. The van der Waals surface area contributed by atoms with E-state index >= 15 is 0 Å². The summed E-state index contributed by atoms with van der Waals surface area (Å²) in [6.07, 6.45) is 6.89. The SMILES string of the molecule is CCCCN1C(=O)C2(CCCCC2)NC(=O)C1C(C)C. The average Bonchev–Trinajstić information content (AvgIpc) is 2.41. The Morgan fingerprint density at radius 1 is 1.25 bits per heavy atom. The molecular formula is C16H28N2O2. The molecule has 0 aromatic heterocycles. The van der Waals surface area contributed by atoms with E-state index in [4.69, 9.17) is 0 Å². The van der Waals surface area contributed by atoms with Crippen molar-refractivity contribution in [3.05, 3.63) is 0 Å². The molecule has 20 heavy (non-hydrogen) atoms. The molecule has 1 aliphatic carbocycles. The maximum atomic E-state index is 13.0. The Hall–Kier alpha value is -1.06. The van der Waals surface area contributed by atoms with E-state index in [0.717, 1.165) is 38.5 Å². The highest BCUT2D eigenvalue weighted by Gasteiger charge is 2.51. The summed E-state index contributed by atoms with van der Waals surface area (Å²) in [6.45, 7) is 6.88. The maximum absolute atomic E-state index is 13.0. The van der Waals surface area contributed by atoms with Crippen LogP contribution in [0.3, 0.4) is 0 Å². The van der Waals surface area contributed by atoms with Crippen LogP contribution in [-0.4, -0.2) is 34.8 Å². The van der Waals surface area contributed by atoms with Crippen molar-refractivity contribution < 1.29 is 9.59 Å². The van der Waals surface area contributed by atoms with E-state index in [2.05, 4.69) is 12.2 Å². The monoisotopic (exact) mass is 280 g/mol. The fraction of sp³-hybridized carbons (Fsp3) is 0.875. The lowest BCUT2D eigenvalue weighted by Gasteiger charge is -2.48. The number of unbranched alkanes of at least 4 members (excludes halogenated alkanes) is 1. The van der Waals surface area contributed by atoms with Crippen LogP contribution in [0.4, 0.5) is 0 Å². The van der Waals surface area contributed by atoms with Crippen LogP contribution in [0.25, 0.3) is 0 Å². The van der Waals surface area contributed by atoms with Crippen molar-refractivity contribution in [2.45, 2.75) is 77.3 Å². The second kappa shape index (κ2) is 6.15. The van der Waals surface area contributed by atoms with Crippen LogP contribution in [0.2, 0.25) is 0 Å². The third kappa shape index (κ3) is 2.70. The quantitative estimate of drug-likeness (QED) is 0.860. The van der Waals surface area contributed by atoms with Crippen LogP contribution < -0.4 is 5.32 Å². The van der Waals surface area contributed by atoms with Gasteiger partial charge in [-0.15, -0.1) is 0 Å². The van der Waals surface area contributed by atoms with Crippen LogP contribution in [0.15, 0.2) is 0 Å². The van der Waals surface area contributed by atoms with Gasteiger partial charge in [0.05, 0.1) is 0 Å². The highest BCUT2D eigenvalue weighted by Crippen LogP contribution is 2.34. The van der Waals surface area contributed by atoms with Crippen LogP contribution in [-0.2, 0) is 9.59 Å². The van der Waals surface area contributed by atoms with Crippen molar-refractivity contribution in [2.24, 2.45) is 5.92 Å². The molecule has 1 aliphatic heterocycles. The van der Waals surface area contributed by atoms with Crippen molar-refractivity contribution >= 4 is 11.8 Å². The molecule has 0 aromatic carbocycles. The molecule has 2 fully saturated rings. The number of hydrogen-bond donors (Lipinski definition) is 1. The minimum absolute atomic E-state index is 0.0533. The number of carbonyl (C=O) groups is 2. The summed E-state index contributed by atoms with van der Waals surface area (Å²) in [5.41, 5.74) is -0.589. The van der Waals surface area contributed by atoms with Crippen molar-refractivity contribution in [3.8, 4) is 0 Å². The first-order valence-electron chi connectivity index (χ1n) is 8.15. The molecule has 1 unspecified atom stereocenters. The van der Waals surface area contributed by atoms with Crippen molar-refractivity contribution in [1.29, 1.82) is 0 Å². The number of rotatable bonds is 4. The highest BCUT2D eigenvalue weighted by molar-refractivity contribution is 6.00. The van der Waals surface area contributed by atoms with Gasteiger partial charge in [0.25, 0.3) is 0 Å². The van der Waals surface area contributed by atoms with E-state index < -0.39 is 5.54 Å². The van der Waals surface area contributed by atoms with E-state index in [1.807, 2.05) is 18.7 Å². The minimum atomic E-state index is -0.589. The molecule has 1 N–H and O–H groups in total. The third-order valence-corrected chi connectivity index (χ3v) is 4.73. The van der Waals surface area contributed by atoms with Gasteiger partial charge in [0.1, 0.15) is 11.6 Å². The lowest BCUT2D eigenvalue weighted by molar-refractivity contribution is -0.158. The first-order valence-corrected chi connectivity index (χ1v) is 8.15. The standard InChI is InChI=1S/C16H28N2O2/c1-4-5-11-18-13(12(2)3)14(19)17-16(15(18)20)9-7-6-8-10-16/h12-13H,4-11H2,1-3H3,(H,17,19). The summed E-state index contributed by atoms with van der Waals surface area (Å²) >= 11 is 0. The van der Waals surface area contributed by atoms with Crippen LogP contribution in [0.5, 0.6) is 0 Å². The molecule has 1 spiro atoms. The smallest absolute Gasteiger partial charge is 0.249 e. The number of nitrogens with one attached hydrogen (secondary N) is 1. The predicted octanol–water partition coefficient (Wildman–Crippen LogP) is 2.47. The second-order valence-electron chi connectivity index (χ2n) is 6.67. The Morgan fingerprint density at radius 3 is 2.45 bits per heavy atom. The normalized spacial score (nSPS) is 26.2. The molecular weight excluding hydrogens is 252 g/mol. The molecule has 2 aliphatic rings. The summed E-state index contributed by atoms with van der Waals surface area (Å²) in [4.78, 5) is 27.4. The molecule has 1 saturated heterocycles. The van der Waals surface area contributed by atoms with Gasteiger partial charge >= 0.3 is 0 Å². The number of carbonyl (C=O) groups excluding carboxylic acids is 2. The largest absolute Gasteiger partial charge is 0.340 e. The zero-order chi connectivity index (χ0) is 14.8. The molecule has 4 heteroatoms. The Labute approximate surface area is 122 Å². The van der Waals surface area contributed by atoms with Crippen molar-refractivity contribution in [2.75, 3.05) is 6.54 Å². The van der Waals surface area contributed by atoms with Crippen LogP contribution >= 0.6 is 0 Å². The van der Waals surface area contributed by atoms with Crippen LogP contribution in [0.1, 0.15) is 65.7 Å². The lowest BCUT2D eigenvalue weighted by Crippen LogP contribution is -2.71. The summed E-state index contributed by atoms with van der Waals surface area (Å²) in [5, 5.41) is 3.09. The zero-order valence-corrected chi connectivity index (χ0v) is 13.1. The van der Waals surface area contributed by atoms with Gasteiger partial charge in [-0.1, -0.05) is 46.5 Å². The molecule has 1 saturated carbocycles. The fourth-order valence-electron chi connectivity index (χ4n) is 3.63. The van der Waals surface area contributed by atoms with Gasteiger partial charge in [-0.2, -0.15) is 0 Å². The van der Waals surface area contributed by atoms with E-state index in [0.29, 0.717) is 6.54 Å². The van der Waals surface area contributed by atoms with Gasteiger partial charge in [0, 0.05) is 6.54 Å². The molecule has 4 nitrogen and oxygen atoms in total. The molecule has 0 aromatic rings. The zero-order valence-electron chi connectivity index (χ0n) is 13.1. The average molecular weight is 280 g/mol. The molecule has 2 rings (SSSR count). The third-order valence-electron chi connectivity index (χ3n) is 4.73. The number of piperazine rings is 1. The summed E-state index contributed by atoms with van der Waals surface area (Å²) in [7, 11) is 0. The summed E-state index contributed by atoms with van der Waals surface area (Å²) in [6, 6.07) is -0.290. The molecule has 1 heterocycles. The fourth-order valence-corrected chi connectivity index (χ4v) is 3.63. The van der Waals surface area contributed by atoms with Gasteiger partial charge in [0.2, 0.25) is 11.8 Å². The highest BCUT2D eigenvalue weighted by atomic mass is 16.2. The Morgan fingerprint density at radius 2 is 1.90 bits per heavy atom. The summed E-state index contributed by atoms with van der Waals surface area (Å²) < 4.78 is 0. The van der Waals surface area contributed by atoms with Gasteiger partial charge in [-0.05, 0) is 25.2 Å². The molecule has 0 radical (unpaired) electrons. The Balaban J connectivity index is 2.25. The first kappa shape index (κ1) is 15.3. The predicted molar refractivity (Wildman–Crippen MR) is 79.2 cm³/mol. The first-order chi connectivity index (χ1) is 9.52. The number of amides is 2. The van der Waals surface area contributed by atoms with E-state index in [9.17, 15) is 9.59 Å². The van der Waals surface area contributed by atoms with Crippen molar-refractivity contribution in [3.63, 3.8) is 0 Å². The summed E-state index contributed by atoms with van der Waals surface area (Å²) in [5.74, 6) is 0.387. The van der Waals surface area contributed by atoms with Gasteiger partial charge < -0.3 is 10.2 Å².